The molecule has 9 nitrogen and oxygen atoms in total. The van der Waals surface area contributed by atoms with Crippen molar-refractivity contribution < 1.29 is 9.21 Å². The summed E-state index contributed by atoms with van der Waals surface area (Å²) >= 11 is 0. The highest BCUT2D eigenvalue weighted by Gasteiger charge is 2.25. The molecular weight excluding hydrogens is 334 g/mol. The second-order valence-electron chi connectivity index (χ2n) is 6.38. The number of fused-ring (bicyclic) bond motifs is 1. The van der Waals surface area contributed by atoms with E-state index in [1.807, 2.05) is 18.9 Å². The number of furan rings is 1. The molecule has 3 aromatic rings. The zero-order valence-electron chi connectivity index (χ0n) is 14.8. The minimum Gasteiger partial charge on any atom is -0.467 e. The van der Waals surface area contributed by atoms with Crippen molar-refractivity contribution in [1.29, 1.82) is 0 Å². The Balaban J connectivity index is 1.51. The first-order valence-electron chi connectivity index (χ1n) is 8.55. The van der Waals surface area contributed by atoms with Crippen molar-refractivity contribution in [3.63, 3.8) is 0 Å². The van der Waals surface area contributed by atoms with E-state index in [2.05, 4.69) is 20.0 Å². The second-order valence-corrected chi connectivity index (χ2v) is 6.38. The van der Waals surface area contributed by atoms with E-state index in [1.54, 1.807) is 16.9 Å². The van der Waals surface area contributed by atoms with Crippen LogP contribution in [0.2, 0.25) is 0 Å². The van der Waals surface area contributed by atoms with Gasteiger partial charge in [0.1, 0.15) is 23.7 Å². The summed E-state index contributed by atoms with van der Waals surface area (Å²) in [5, 5.41) is 5.22. The number of piperazine rings is 1. The number of anilines is 1. The maximum absolute atomic E-state index is 12.6. The molecule has 136 valence electrons. The number of hydrogen-bond donors (Lipinski definition) is 1. The predicted molar refractivity (Wildman–Crippen MR) is 95.8 cm³/mol. The number of hydrogen-bond acceptors (Lipinski definition) is 7. The van der Waals surface area contributed by atoms with Gasteiger partial charge >= 0.3 is 0 Å². The van der Waals surface area contributed by atoms with E-state index in [1.165, 1.54) is 6.26 Å². The SMILES string of the molecule is Cc1nc(N2CCN(C(=O)c3coc(CN)c3)CC2)c2cnn(C)c2n1. The quantitative estimate of drug-likeness (QED) is 0.736. The largest absolute Gasteiger partial charge is 0.467 e. The van der Waals surface area contributed by atoms with E-state index >= 15 is 0 Å². The first kappa shape index (κ1) is 16.5. The van der Waals surface area contributed by atoms with E-state index in [-0.39, 0.29) is 12.5 Å². The molecule has 0 spiro atoms. The zero-order chi connectivity index (χ0) is 18.3. The second kappa shape index (κ2) is 6.41. The summed E-state index contributed by atoms with van der Waals surface area (Å²) < 4.78 is 7.02. The summed E-state index contributed by atoms with van der Waals surface area (Å²) in [7, 11) is 1.87. The molecule has 4 heterocycles. The summed E-state index contributed by atoms with van der Waals surface area (Å²) in [5.41, 5.74) is 6.91. The molecule has 3 aromatic heterocycles. The van der Waals surface area contributed by atoms with E-state index in [0.29, 0.717) is 43.3 Å². The molecule has 4 rings (SSSR count). The molecule has 9 heteroatoms. The number of nitrogens with two attached hydrogens (primary N) is 1. The van der Waals surface area contributed by atoms with Crippen LogP contribution in [-0.4, -0.2) is 56.7 Å². The highest BCUT2D eigenvalue weighted by atomic mass is 16.3. The van der Waals surface area contributed by atoms with Gasteiger partial charge in [-0.2, -0.15) is 5.10 Å². The molecule has 26 heavy (non-hydrogen) atoms. The number of carbonyl (C=O) groups is 1. The lowest BCUT2D eigenvalue weighted by atomic mass is 10.2. The molecule has 1 aliphatic heterocycles. The van der Waals surface area contributed by atoms with Crippen LogP contribution in [0.25, 0.3) is 11.0 Å². The molecule has 1 amide bonds. The fourth-order valence-corrected chi connectivity index (χ4v) is 3.26. The van der Waals surface area contributed by atoms with Crippen molar-refractivity contribution in [3.8, 4) is 0 Å². The Labute approximate surface area is 150 Å². The Morgan fingerprint density at radius 1 is 1.27 bits per heavy atom. The molecule has 1 aliphatic rings. The summed E-state index contributed by atoms with van der Waals surface area (Å²) in [5.74, 6) is 2.17. The van der Waals surface area contributed by atoms with Gasteiger partial charge in [-0.15, -0.1) is 0 Å². The summed E-state index contributed by atoms with van der Waals surface area (Å²) in [4.78, 5) is 25.7. The van der Waals surface area contributed by atoms with Crippen molar-refractivity contribution in [1.82, 2.24) is 24.6 Å². The molecular formula is C17H21N7O2. The van der Waals surface area contributed by atoms with Crippen molar-refractivity contribution in [3.05, 3.63) is 35.7 Å². The summed E-state index contributed by atoms with van der Waals surface area (Å²) in [6.45, 7) is 4.81. The summed E-state index contributed by atoms with van der Waals surface area (Å²) in [6, 6.07) is 1.71. The maximum atomic E-state index is 12.6. The average molecular weight is 355 g/mol. The molecule has 1 saturated heterocycles. The summed E-state index contributed by atoms with van der Waals surface area (Å²) in [6.07, 6.45) is 3.27. The molecule has 0 bridgehead atoms. The molecule has 0 aliphatic carbocycles. The van der Waals surface area contributed by atoms with Crippen LogP contribution < -0.4 is 10.6 Å². The van der Waals surface area contributed by atoms with E-state index in [4.69, 9.17) is 10.2 Å². The number of nitrogens with zero attached hydrogens (tertiary/aromatic N) is 6. The first-order valence-corrected chi connectivity index (χ1v) is 8.55. The molecule has 0 aromatic carbocycles. The molecule has 2 N–H and O–H groups in total. The Morgan fingerprint density at radius 3 is 2.73 bits per heavy atom. The van der Waals surface area contributed by atoms with Crippen LogP contribution in [0.3, 0.4) is 0 Å². The van der Waals surface area contributed by atoms with Crippen LogP contribution in [0.5, 0.6) is 0 Å². The van der Waals surface area contributed by atoms with E-state index in [0.717, 1.165) is 16.9 Å². The number of aromatic nitrogens is 4. The average Bonchev–Trinajstić information content (AvgIpc) is 3.28. The van der Waals surface area contributed by atoms with Crippen LogP contribution in [0.4, 0.5) is 5.82 Å². The molecule has 0 radical (unpaired) electrons. The van der Waals surface area contributed by atoms with Gasteiger partial charge < -0.3 is 20.0 Å². The van der Waals surface area contributed by atoms with Crippen molar-refractivity contribution >= 4 is 22.8 Å². The Hall–Kier alpha value is -2.94. The van der Waals surface area contributed by atoms with Gasteiger partial charge in [-0.1, -0.05) is 0 Å². The normalized spacial score (nSPS) is 15.0. The van der Waals surface area contributed by atoms with Crippen molar-refractivity contribution in [2.24, 2.45) is 12.8 Å². The van der Waals surface area contributed by atoms with Gasteiger partial charge in [0, 0.05) is 33.2 Å². The zero-order valence-corrected chi connectivity index (χ0v) is 14.8. The maximum Gasteiger partial charge on any atom is 0.257 e. The molecule has 0 saturated carbocycles. The Kier molecular flexibility index (Phi) is 4.08. The third-order valence-electron chi connectivity index (χ3n) is 4.65. The number of aryl methyl sites for hydroxylation is 2. The number of amides is 1. The van der Waals surface area contributed by atoms with Gasteiger partial charge in [0.05, 0.1) is 23.7 Å². The number of rotatable bonds is 3. The van der Waals surface area contributed by atoms with Gasteiger partial charge in [-0.25, -0.2) is 9.97 Å². The Bertz CT molecular complexity index is 953. The molecule has 1 fully saturated rings. The van der Waals surface area contributed by atoms with Gasteiger partial charge in [0.2, 0.25) is 0 Å². The van der Waals surface area contributed by atoms with Crippen molar-refractivity contribution in [2.75, 3.05) is 31.1 Å². The van der Waals surface area contributed by atoms with E-state index in [9.17, 15) is 4.79 Å². The smallest absolute Gasteiger partial charge is 0.257 e. The predicted octanol–water partition coefficient (Wildman–Crippen LogP) is 0.686. The third-order valence-corrected chi connectivity index (χ3v) is 4.65. The lowest BCUT2D eigenvalue weighted by molar-refractivity contribution is 0.0746. The lowest BCUT2D eigenvalue weighted by Crippen LogP contribution is -2.49. The minimum atomic E-state index is -0.0292. The van der Waals surface area contributed by atoms with Gasteiger partial charge in [0.15, 0.2) is 5.65 Å². The van der Waals surface area contributed by atoms with Crippen LogP contribution in [0.15, 0.2) is 22.9 Å². The van der Waals surface area contributed by atoms with Crippen LogP contribution in [0, 0.1) is 6.92 Å². The molecule has 0 atom stereocenters. The van der Waals surface area contributed by atoms with Gasteiger partial charge in [0.25, 0.3) is 5.91 Å². The van der Waals surface area contributed by atoms with Crippen LogP contribution in [-0.2, 0) is 13.6 Å². The van der Waals surface area contributed by atoms with Crippen LogP contribution >= 0.6 is 0 Å². The van der Waals surface area contributed by atoms with Gasteiger partial charge in [-0.05, 0) is 13.0 Å². The highest BCUT2D eigenvalue weighted by Crippen LogP contribution is 2.24. The lowest BCUT2D eigenvalue weighted by Gasteiger charge is -2.35. The highest BCUT2D eigenvalue weighted by molar-refractivity contribution is 5.94. The fraction of sp³-hybridized carbons (Fsp3) is 0.412. The topological polar surface area (TPSA) is 106 Å². The molecule has 0 unspecified atom stereocenters. The van der Waals surface area contributed by atoms with Crippen molar-refractivity contribution in [2.45, 2.75) is 13.5 Å². The van der Waals surface area contributed by atoms with E-state index < -0.39 is 0 Å². The number of carbonyl (C=O) groups excluding carboxylic acids is 1. The monoisotopic (exact) mass is 355 g/mol. The first-order chi connectivity index (χ1) is 12.6. The fourth-order valence-electron chi connectivity index (χ4n) is 3.26. The Morgan fingerprint density at radius 2 is 2.04 bits per heavy atom. The standard InChI is InChI=1S/C17H21N7O2/c1-11-20-15-14(9-19-22(15)2)16(21-11)23-3-5-24(6-4-23)17(25)12-7-13(8-18)26-10-12/h7,9-10H,3-6,8,18H2,1-2H3. The third kappa shape index (κ3) is 2.80. The minimum absolute atomic E-state index is 0.0292. The van der Waals surface area contributed by atoms with Gasteiger partial charge in [-0.3, -0.25) is 9.48 Å². The van der Waals surface area contributed by atoms with Crippen LogP contribution in [0.1, 0.15) is 21.9 Å².